The topological polar surface area (TPSA) is 98.2 Å². The SMILES string of the molecule is CC(C)(C)C(NC(N)=O)C(N)=O. The monoisotopic (exact) mass is 173 g/mol. The van der Waals surface area contributed by atoms with Gasteiger partial charge in [0.15, 0.2) is 0 Å². The highest BCUT2D eigenvalue weighted by Gasteiger charge is 2.30. The highest BCUT2D eigenvalue weighted by Crippen LogP contribution is 2.18. The van der Waals surface area contributed by atoms with Crippen molar-refractivity contribution in [3.05, 3.63) is 0 Å². The van der Waals surface area contributed by atoms with Crippen molar-refractivity contribution in [3.8, 4) is 0 Å². The van der Waals surface area contributed by atoms with E-state index >= 15 is 0 Å². The van der Waals surface area contributed by atoms with E-state index < -0.39 is 23.4 Å². The van der Waals surface area contributed by atoms with Crippen molar-refractivity contribution >= 4 is 11.9 Å². The van der Waals surface area contributed by atoms with Gasteiger partial charge < -0.3 is 16.8 Å². The fourth-order valence-corrected chi connectivity index (χ4v) is 0.857. The molecule has 0 aliphatic rings. The van der Waals surface area contributed by atoms with Crippen LogP contribution in [0.1, 0.15) is 20.8 Å². The highest BCUT2D eigenvalue weighted by atomic mass is 16.2. The molecule has 0 spiro atoms. The molecular formula is C7H15N3O2. The summed E-state index contributed by atoms with van der Waals surface area (Å²) in [5, 5.41) is 2.28. The molecule has 0 saturated carbocycles. The lowest BCUT2D eigenvalue weighted by Crippen LogP contribution is -2.53. The number of amides is 3. The number of carbonyl (C=O) groups is 2. The quantitative estimate of drug-likeness (QED) is 0.527. The number of hydrogen-bond acceptors (Lipinski definition) is 2. The number of hydrogen-bond donors (Lipinski definition) is 3. The molecule has 0 fully saturated rings. The lowest BCUT2D eigenvalue weighted by atomic mass is 9.86. The first-order valence-corrected chi connectivity index (χ1v) is 3.60. The average molecular weight is 173 g/mol. The van der Waals surface area contributed by atoms with Gasteiger partial charge in [0.25, 0.3) is 0 Å². The molecule has 0 radical (unpaired) electrons. The molecule has 3 amide bonds. The Bertz CT molecular complexity index is 195. The molecule has 0 aliphatic carbocycles. The third kappa shape index (κ3) is 3.23. The molecular weight excluding hydrogens is 158 g/mol. The molecule has 0 aromatic rings. The molecule has 0 aromatic heterocycles. The van der Waals surface area contributed by atoms with Crippen LogP contribution in [0.25, 0.3) is 0 Å². The summed E-state index contributed by atoms with van der Waals surface area (Å²) in [7, 11) is 0. The second-order valence-corrected chi connectivity index (χ2v) is 3.71. The minimum Gasteiger partial charge on any atom is -0.368 e. The van der Waals surface area contributed by atoms with Crippen LogP contribution in [0.3, 0.4) is 0 Å². The Morgan fingerprint density at radius 3 is 1.75 bits per heavy atom. The fourth-order valence-electron chi connectivity index (χ4n) is 0.857. The van der Waals surface area contributed by atoms with Crippen LogP contribution in [0, 0.1) is 5.41 Å². The van der Waals surface area contributed by atoms with Crippen molar-refractivity contribution in [2.75, 3.05) is 0 Å². The number of nitrogens with one attached hydrogen (secondary N) is 1. The van der Waals surface area contributed by atoms with Crippen molar-refractivity contribution in [1.82, 2.24) is 5.32 Å². The third-order valence-corrected chi connectivity index (χ3v) is 1.44. The van der Waals surface area contributed by atoms with Crippen LogP contribution in [-0.4, -0.2) is 18.0 Å². The first-order chi connectivity index (χ1) is 5.25. The van der Waals surface area contributed by atoms with Gasteiger partial charge >= 0.3 is 6.03 Å². The van der Waals surface area contributed by atoms with Gasteiger partial charge in [-0.05, 0) is 5.41 Å². The highest BCUT2D eigenvalue weighted by molar-refractivity contribution is 5.85. The minimum atomic E-state index is -0.742. The van der Waals surface area contributed by atoms with Gasteiger partial charge in [0.05, 0.1) is 0 Å². The van der Waals surface area contributed by atoms with E-state index in [0.717, 1.165) is 0 Å². The predicted octanol–water partition coefficient (Wildman–Crippen LogP) is -0.445. The van der Waals surface area contributed by atoms with Gasteiger partial charge in [-0.1, -0.05) is 20.8 Å². The maximum absolute atomic E-state index is 10.8. The van der Waals surface area contributed by atoms with Crippen LogP contribution in [0.5, 0.6) is 0 Å². The van der Waals surface area contributed by atoms with Crippen LogP contribution in [-0.2, 0) is 4.79 Å². The average Bonchev–Trinajstić information content (AvgIpc) is 1.79. The summed E-state index contributed by atoms with van der Waals surface area (Å²) in [6.07, 6.45) is 0. The van der Waals surface area contributed by atoms with E-state index in [-0.39, 0.29) is 0 Å². The lowest BCUT2D eigenvalue weighted by Gasteiger charge is -2.27. The number of primary amides is 2. The molecule has 1 atom stereocenters. The van der Waals surface area contributed by atoms with E-state index in [9.17, 15) is 9.59 Å². The predicted molar refractivity (Wildman–Crippen MR) is 45.2 cm³/mol. The van der Waals surface area contributed by atoms with Crippen molar-refractivity contribution in [2.45, 2.75) is 26.8 Å². The first kappa shape index (κ1) is 10.7. The zero-order valence-corrected chi connectivity index (χ0v) is 7.55. The Morgan fingerprint density at radius 2 is 1.67 bits per heavy atom. The standard InChI is InChI=1S/C7H15N3O2/c1-7(2,3)4(5(8)11)10-6(9)12/h4H,1-3H3,(H2,8,11)(H3,9,10,12). The van der Waals surface area contributed by atoms with Crippen LogP contribution in [0.15, 0.2) is 0 Å². The van der Waals surface area contributed by atoms with Crippen LogP contribution in [0.4, 0.5) is 4.79 Å². The number of urea groups is 1. The van der Waals surface area contributed by atoms with Crippen LogP contribution >= 0.6 is 0 Å². The molecule has 5 N–H and O–H groups in total. The Kier molecular flexibility index (Phi) is 3.06. The van der Waals surface area contributed by atoms with Gasteiger partial charge in [0, 0.05) is 0 Å². The van der Waals surface area contributed by atoms with Gasteiger partial charge in [-0.3, -0.25) is 4.79 Å². The molecule has 12 heavy (non-hydrogen) atoms. The lowest BCUT2D eigenvalue weighted by molar-refractivity contribution is -0.122. The third-order valence-electron chi connectivity index (χ3n) is 1.44. The zero-order valence-electron chi connectivity index (χ0n) is 7.55. The normalized spacial score (nSPS) is 13.6. The van der Waals surface area contributed by atoms with Gasteiger partial charge in [0.1, 0.15) is 6.04 Å². The Hall–Kier alpha value is -1.26. The second kappa shape index (κ2) is 3.42. The molecule has 0 saturated heterocycles. The summed E-state index contributed by atoms with van der Waals surface area (Å²) in [5.74, 6) is -0.582. The molecule has 0 bridgehead atoms. The summed E-state index contributed by atoms with van der Waals surface area (Å²) >= 11 is 0. The van der Waals surface area contributed by atoms with E-state index in [0.29, 0.717) is 0 Å². The van der Waals surface area contributed by atoms with Gasteiger partial charge in [-0.15, -0.1) is 0 Å². The summed E-state index contributed by atoms with van der Waals surface area (Å²) < 4.78 is 0. The first-order valence-electron chi connectivity index (χ1n) is 3.60. The van der Waals surface area contributed by atoms with Gasteiger partial charge in [-0.25, -0.2) is 4.79 Å². The maximum atomic E-state index is 10.8. The van der Waals surface area contributed by atoms with E-state index in [2.05, 4.69) is 5.32 Å². The second-order valence-electron chi connectivity index (χ2n) is 3.71. The molecule has 1 unspecified atom stereocenters. The Labute approximate surface area is 71.5 Å². The van der Waals surface area contributed by atoms with Crippen molar-refractivity contribution in [2.24, 2.45) is 16.9 Å². The van der Waals surface area contributed by atoms with E-state index in [4.69, 9.17) is 11.5 Å². The number of rotatable bonds is 2. The minimum absolute atomic E-state index is 0.416. The number of carbonyl (C=O) groups excluding carboxylic acids is 2. The van der Waals surface area contributed by atoms with E-state index in [1.165, 1.54) is 0 Å². The van der Waals surface area contributed by atoms with E-state index in [1.807, 2.05) is 0 Å². The number of nitrogens with two attached hydrogens (primary N) is 2. The van der Waals surface area contributed by atoms with Gasteiger partial charge in [0.2, 0.25) is 5.91 Å². The van der Waals surface area contributed by atoms with Crippen molar-refractivity contribution < 1.29 is 9.59 Å². The van der Waals surface area contributed by atoms with Crippen molar-refractivity contribution in [3.63, 3.8) is 0 Å². The summed E-state index contributed by atoms with van der Waals surface area (Å²) in [4.78, 5) is 21.3. The Balaban J connectivity index is 4.46. The summed E-state index contributed by atoms with van der Waals surface area (Å²) in [5.41, 5.74) is 9.52. The molecule has 0 heterocycles. The molecule has 5 nitrogen and oxygen atoms in total. The van der Waals surface area contributed by atoms with Gasteiger partial charge in [-0.2, -0.15) is 0 Å². The summed E-state index contributed by atoms with van der Waals surface area (Å²) in [6.45, 7) is 5.37. The van der Waals surface area contributed by atoms with Crippen LogP contribution < -0.4 is 16.8 Å². The summed E-state index contributed by atoms with van der Waals surface area (Å²) in [6, 6.07) is -1.47. The maximum Gasteiger partial charge on any atom is 0.312 e. The fraction of sp³-hybridized carbons (Fsp3) is 0.714. The zero-order chi connectivity index (χ0) is 9.94. The smallest absolute Gasteiger partial charge is 0.312 e. The van der Waals surface area contributed by atoms with E-state index in [1.54, 1.807) is 20.8 Å². The van der Waals surface area contributed by atoms with Crippen molar-refractivity contribution in [1.29, 1.82) is 0 Å². The Morgan fingerprint density at radius 1 is 1.25 bits per heavy atom. The largest absolute Gasteiger partial charge is 0.368 e. The molecule has 5 heteroatoms. The molecule has 0 aromatic carbocycles. The molecule has 0 aliphatic heterocycles. The molecule has 0 rings (SSSR count). The molecule has 70 valence electrons. The van der Waals surface area contributed by atoms with Crippen LogP contribution in [0.2, 0.25) is 0 Å².